The molecular weight excluding hydrogens is 348 g/mol. The van der Waals surface area contributed by atoms with Gasteiger partial charge in [-0.05, 0) is 25.1 Å². The molecule has 0 unspecified atom stereocenters. The number of carbonyl (C=O) groups excluding carboxylic acids is 1. The van der Waals surface area contributed by atoms with E-state index in [-0.39, 0.29) is 35.5 Å². The second-order valence-corrected chi connectivity index (χ2v) is 7.41. The average Bonchev–Trinajstić information content (AvgIpc) is 2.62. The number of morpholine rings is 1. The van der Waals surface area contributed by atoms with Crippen molar-refractivity contribution >= 4 is 26.9 Å². The monoisotopic (exact) mass is 366 g/mol. The number of hydrogen-bond acceptors (Lipinski definition) is 6. The minimum absolute atomic E-state index is 0.00779. The summed E-state index contributed by atoms with van der Waals surface area (Å²) in [6.45, 7) is 2.97. The van der Waals surface area contributed by atoms with Crippen LogP contribution in [-0.2, 0) is 19.5 Å². The van der Waals surface area contributed by atoms with E-state index in [1.807, 2.05) is 0 Å². The van der Waals surface area contributed by atoms with Gasteiger partial charge in [-0.3, -0.25) is 4.79 Å². The van der Waals surface area contributed by atoms with E-state index in [0.717, 1.165) is 0 Å². The Balaban J connectivity index is 2.08. The Bertz CT molecular complexity index is 960. The highest BCUT2D eigenvalue weighted by atomic mass is 32.2. The first-order valence-corrected chi connectivity index (χ1v) is 9.29. The molecule has 3 rings (SSSR count). The summed E-state index contributed by atoms with van der Waals surface area (Å²) in [7, 11) is -3.73. The minimum atomic E-state index is -3.73. The van der Waals surface area contributed by atoms with Crippen LogP contribution in [0.4, 0.5) is 0 Å². The number of nitrogens with one attached hydrogen (secondary N) is 1. The second-order valence-electron chi connectivity index (χ2n) is 5.48. The van der Waals surface area contributed by atoms with Gasteiger partial charge in [0.15, 0.2) is 0 Å². The maximum absolute atomic E-state index is 12.7. The van der Waals surface area contributed by atoms with Gasteiger partial charge in [0, 0.05) is 30.2 Å². The molecule has 1 saturated heterocycles. The van der Waals surface area contributed by atoms with Crippen molar-refractivity contribution in [2.24, 2.45) is 0 Å². The predicted molar refractivity (Wildman–Crippen MR) is 90.1 cm³/mol. The number of benzene rings is 1. The number of H-pyrrole nitrogens is 1. The lowest BCUT2D eigenvalue weighted by Gasteiger charge is -2.26. The van der Waals surface area contributed by atoms with E-state index in [9.17, 15) is 18.0 Å². The summed E-state index contributed by atoms with van der Waals surface area (Å²) in [6.07, 6.45) is 1.28. The number of esters is 1. The van der Waals surface area contributed by atoms with Gasteiger partial charge in [0.25, 0.3) is 0 Å². The smallest absolute Gasteiger partial charge is 0.343 e. The fourth-order valence-electron chi connectivity index (χ4n) is 2.65. The molecule has 0 radical (unpaired) electrons. The summed E-state index contributed by atoms with van der Waals surface area (Å²) in [6, 6.07) is 4.24. The van der Waals surface area contributed by atoms with E-state index in [4.69, 9.17) is 9.47 Å². The molecule has 1 fully saturated rings. The van der Waals surface area contributed by atoms with Gasteiger partial charge in [0.2, 0.25) is 15.5 Å². The van der Waals surface area contributed by atoms with Crippen LogP contribution in [-0.4, -0.2) is 56.6 Å². The Morgan fingerprint density at radius 1 is 1.32 bits per heavy atom. The number of carbonyl (C=O) groups is 1. The normalized spacial score (nSPS) is 16.0. The number of ether oxygens (including phenoxy) is 2. The van der Waals surface area contributed by atoms with Gasteiger partial charge < -0.3 is 14.5 Å². The Morgan fingerprint density at radius 3 is 2.72 bits per heavy atom. The second kappa shape index (κ2) is 6.95. The molecule has 0 bridgehead atoms. The van der Waals surface area contributed by atoms with Gasteiger partial charge in [-0.1, -0.05) is 0 Å². The molecule has 1 aromatic heterocycles. The molecule has 0 atom stereocenters. The molecule has 1 aliphatic heterocycles. The zero-order valence-electron chi connectivity index (χ0n) is 13.6. The van der Waals surface area contributed by atoms with E-state index in [1.165, 1.54) is 28.7 Å². The molecule has 0 amide bonds. The number of aromatic nitrogens is 1. The predicted octanol–water partition coefficient (Wildman–Crippen LogP) is 0.726. The van der Waals surface area contributed by atoms with Gasteiger partial charge in [0.05, 0.1) is 24.7 Å². The highest BCUT2D eigenvalue weighted by Gasteiger charge is 2.27. The molecule has 2 heterocycles. The third kappa shape index (κ3) is 3.30. The first-order chi connectivity index (χ1) is 11.9. The maximum atomic E-state index is 12.7. The fraction of sp³-hybridized carbons (Fsp3) is 0.375. The Kier molecular flexibility index (Phi) is 4.89. The first-order valence-electron chi connectivity index (χ1n) is 7.85. The van der Waals surface area contributed by atoms with Crippen molar-refractivity contribution < 1.29 is 22.7 Å². The van der Waals surface area contributed by atoms with Gasteiger partial charge in [-0.25, -0.2) is 13.2 Å². The topological polar surface area (TPSA) is 106 Å². The maximum Gasteiger partial charge on any atom is 0.343 e. The van der Waals surface area contributed by atoms with Gasteiger partial charge >= 0.3 is 5.97 Å². The third-order valence-corrected chi connectivity index (χ3v) is 5.85. The number of pyridine rings is 1. The van der Waals surface area contributed by atoms with Crippen LogP contribution in [0.25, 0.3) is 10.9 Å². The largest absolute Gasteiger partial charge is 0.462 e. The van der Waals surface area contributed by atoms with Crippen LogP contribution in [0.1, 0.15) is 17.3 Å². The number of sulfonamides is 1. The molecule has 0 spiro atoms. The molecule has 0 aliphatic carbocycles. The lowest BCUT2D eigenvalue weighted by molar-refractivity contribution is 0.0524. The quantitative estimate of drug-likeness (QED) is 0.800. The zero-order valence-corrected chi connectivity index (χ0v) is 14.5. The standard InChI is InChI=1S/C16H18N2O6S/c1-2-24-16(20)13-10-17-14-4-3-11(9-12(14)15(13)19)25(21,22)18-5-7-23-8-6-18/h3-4,9-10H,2,5-8H2,1H3,(H,17,19). The number of nitrogens with zero attached hydrogens (tertiary/aromatic N) is 1. The van der Waals surface area contributed by atoms with Crippen LogP contribution >= 0.6 is 0 Å². The summed E-state index contributed by atoms with van der Waals surface area (Å²) in [5.74, 6) is -0.743. The molecular formula is C16H18N2O6S. The number of aromatic amines is 1. The van der Waals surface area contributed by atoms with Crippen LogP contribution in [0.2, 0.25) is 0 Å². The van der Waals surface area contributed by atoms with Crippen LogP contribution in [0, 0.1) is 0 Å². The summed E-state index contributed by atoms with van der Waals surface area (Å²) in [5.41, 5.74) is -0.277. The van der Waals surface area contributed by atoms with Crippen molar-refractivity contribution in [3.63, 3.8) is 0 Å². The van der Waals surface area contributed by atoms with Crippen molar-refractivity contribution in [3.8, 4) is 0 Å². The molecule has 9 heteroatoms. The van der Waals surface area contributed by atoms with Crippen molar-refractivity contribution in [3.05, 3.63) is 40.2 Å². The van der Waals surface area contributed by atoms with Crippen molar-refractivity contribution in [1.82, 2.24) is 9.29 Å². The van der Waals surface area contributed by atoms with E-state index >= 15 is 0 Å². The molecule has 1 aliphatic rings. The highest BCUT2D eigenvalue weighted by molar-refractivity contribution is 7.89. The zero-order chi connectivity index (χ0) is 18.0. The highest BCUT2D eigenvalue weighted by Crippen LogP contribution is 2.20. The number of rotatable bonds is 4. The summed E-state index contributed by atoms with van der Waals surface area (Å²) in [4.78, 5) is 27.2. The van der Waals surface area contributed by atoms with Crippen molar-refractivity contribution in [2.45, 2.75) is 11.8 Å². The van der Waals surface area contributed by atoms with E-state index in [1.54, 1.807) is 6.92 Å². The Hall–Kier alpha value is -2.23. The Labute approximate surface area is 144 Å². The molecule has 8 nitrogen and oxygen atoms in total. The van der Waals surface area contributed by atoms with E-state index < -0.39 is 21.4 Å². The van der Waals surface area contributed by atoms with Crippen LogP contribution in [0.3, 0.4) is 0 Å². The lowest BCUT2D eigenvalue weighted by atomic mass is 10.1. The fourth-order valence-corrected chi connectivity index (χ4v) is 4.09. The molecule has 25 heavy (non-hydrogen) atoms. The molecule has 2 aromatic rings. The molecule has 0 saturated carbocycles. The van der Waals surface area contributed by atoms with Gasteiger partial charge in [0.1, 0.15) is 5.56 Å². The van der Waals surface area contributed by atoms with E-state index in [2.05, 4.69) is 4.98 Å². The van der Waals surface area contributed by atoms with Crippen LogP contribution in [0.5, 0.6) is 0 Å². The van der Waals surface area contributed by atoms with E-state index in [0.29, 0.717) is 18.7 Å². The Morgan fingerprint density at radius 2 is 2.04 bits per heavy atom. The molecule has 1 aromatic carbocycles. The summed E-state index contributed by atoms with van der Waals surface area (Å²) >= 11 is 0. The third-order valence-electron chi connectivity index (χ3n) is 3.96. The minimum Gasteiger partial charge on any atom is -0.462 e. The van der Waals surface area contributed by atoms with Crippen LogP contribution < -0.4 is 5.43 Å². The average molecular weight is 366 g/mol. The van der Waals surface area contributed by atoms with Crippen molar-refractivity contribution in [2.75, 3.05) is 32.9 Å². The first kappa shape index (κ1) is 17.6. The SMILES string of the molecule is CCOC(=O)c1c[nH]c2ccc(S(=O)(=O)N3CCOCC3)cc2c1=O. The van der Waals surface area contributed by atoms with Gasteiger partial charge in [-0.2, -0.15) is 4.31 Å². The lowest BCUT2D eigenvalue weighted by Crippen LogP contribution is -2.40. The van der Waals surface area contributed by atoms with Gasteiger partial charge in [-0.15, -0.1) is 0 Å². The summed E-state index contributed by atoms with van der Waals surface area (Å²) < 4.78 is 36.8. The van der Waals surface area contributed by atoms with Crippen molar-refractivity contribution in [1.29, 1.82) is 0 Å². The number of fused-ring (bicyclic) bond motifs is 1. The molecule has 134 valence electrons. The van der Waals surface area contributed by atoms with Crippen LogP contribution in [0.15, 0.2) is 34.1 Å². The number of hydrogen-bond donors (Lipinski definition) is 1. The molecule has 1 N–H and O–H groups in total. The summed E-state index contributed by atoms with van der Waals surface area (Å²) in [5, 5.41) is 0.125.